The number of hydrogen-bond acceptors (Lipinski definition) is 3. The molecule has 3 nitrogen and oxygen atoms in total. The second kappa shape index (κ2) is 9.52. The summed E-state index contributed by atoms with van der Waals surface area (Å²) in [6.45, 7) is 2.20. The van der Waals surface area contributed by atoms with Gasteiger partial charge in [-0.2, -0.15) is 0 Å². The summed E-state index contributed by atoms with van der Waals surface area (Å²) >= 11 is 0. The van der Waals surface area contributed by atoms with Gasteiger partial charge in [0.15, 0.2) is 0 Å². The fourth-order valence-electron chi connectivity index (χ4n) is 2.52. The average molecular weight is 345 g/mol. The average Bonchev–Trinajstić information content (AvgIpc) is 2.45. The summed E-state index contributed by atoms with van der Waals surface area (Å²) in [5, 5.41) is 1.77. The summed E-state index contributed by atoms with van der Waals surface area (Å²) < 4.78 is 33.2. The molecular weight excluding hydrogens is 323 g/mol. The Hall–Kier alpha value is 0.246. The molecule has 2 aromatic carbocycles. The maximum Gasteiger partial charge on any atom is 1.00 e. The molecule has 0 radical (unpaired) electrons. The fourth-order valence-corrected chi connectivity index (χ4v) is 3.02. The summed E-state index contributed by atoms with van der Waals surface area (Å²) in [5.41, 5.74) is 1.19. The SMILES string of the molecule is CCCCCCCc1ccc2ccc(S(=O)(=O)[O-])cc2c1.[K+]. The third-order valence-corrected chi connectivity index (χ3v) is 4.57. The van der Waals surface area contributed by atoms with Crippen LogP contribution in [0, 0.1) is 0 Å². The Balaban J connectivity index is 0.00000242. The molecule has 22 heavy (non-hydrogen) atoms. The molecule has 0 aliphatic rings. The predicted molar refractivity (Wildman–Crippen MR) is 84.4 cm³/mol. The molecule has 0 N–H and O–H groups in total. The number of hydrogen-bond donors (Lipinski definition) is 0. The standard InChI is InChI=1S/C17H22O3S.K/c1-2-3-4-5-6-7-14-8-9-15-10-11-17(21(18,19)20)13-16(15)12-14;/h8-13H,2-7H2,1H3,(H,18,19,20);/q;+1/p-1. The molecule has 0 saturated heterocycles. The zero-order valence-corrected chi connectivity index (χ0v) is 17.3. The molecule has 0 aliphatic heterocycles. The van der Waals surface area contributed by atoms with Crippen LogP contribution in [0.5, 0.6) is 0 Å². The molecule has 0 saturated carbocycles. The normalized spacial score (nSPS) is 11.4. The summed E-state index contributed by atoms with van der Waals surface area (Å²) in [6, 6.07) is 10.6. The second-order valence-corrected chi connectivity index (χ2v) is 6.84. The Morgan fingerprint density at radius 3 is 2.27 bits per heavy atom. The number of benzene rings is 2. The quantitative estimate of drug-likeness (QED) is 0.432. The van der Waals surface area contributed by atoms with E-state index in [0.29, 0.717) is 0 Å². The van der Waals surface area contributed by atoms with Gasteiger partial charge in [-0.3, -0.25) is 0 Å². The first kappa shape index (κ1) is 20.3. The van der Waals surface area contributed by atoms with Gasteiger partial charge in [-0.15, -0.1) is 0 Å². The minimum atomic E-state index is -4.38. The number of unbranched alkanes of at least 4 members (excludes halogenated alkanes) is 4. The summed E-state index contributed by atoms with van der Waals surface area (Å²) in [7, 11) is -4.38. The Morgan fingerprint density at radius 1 is 0.909 bits per heavy atom. The summed E-state index contributed by atoms with van der Waals surface area (Å²) in [5.74, 6) is 0. The number of aryl methyl sites for hydroxylation is 1. The third-order valence-electron chi connectivity index (χ3n) is 3.73. The maximum absolute atomic E-state index is 11.1. The van der Waals surface area contributed by atoms with Crippen molar-refractivity contribution in [2.24, 2.45) is 0 Å². The van der Waals surface area contributed by atoms with Crippen molar-refractivity contribution < 1.29 is 64.4 Å². The van der Waals surface area contributed by atoms with Crippen LogP contribution in [0.3, 0.4) is 0 Å². The van der Waals surface area contributed by atoms with Gasteiger partial charge in [0, 0.05) is 0 Å². The molecule has 0 aliphatic carbocycles. The van der Waals surface area contributed by atoms with E-state index >= 15 is 0 Å². The topological polar surface area (TPSA) is 57.2 Å². The smallest absolute Gasteiger partial charge is 0.744 e. The van der Waals surface area contributed by atoms with Crippen LogP contribution >= 0.6 is 0 Å². The van der Waals surface area contributed by atoms with Crippen LogP contribution in [-0.4, -0.2) is 13.0 Å². The number of rotatable bonds is 7. The van der Waals surface area contributed by atoms with Gasteiger partial charge in [-0.1, -0.05) is 56.9 Å². The molecule has 0 bridgehead atoms. The van der Waals surface area contributed by atoms with E-state index in [1.807, 2.05) is 12.1 Å². The summed E-state index contributed by atoms with van der Waals surface area (Å²) in [6.07, 6.45) is 7.15. The van der Waals surface area contributed by atoms with Crippen LogP contribution < -0.4 is 51.4 Å². The zero-order valence-electron chi connectivity index (χ0n) is 13.3. The Bertz CT molecular complexity index is 711. The zero-order chi connectivity index (χ0) is 15.3. The molecule has 2 aromatic rings. The van der Waals surface area contributed by atoms with Crippen LogP contribution in [0.1, 0.15) is 44.6 Å². The minimum Gasteiger partial charge on any atom is -0.744 e. The van der Waals surface area contributed by atoms with Crippen LogP contribution in [0.4, 0.5) is 0 Å². The predicted octanol–water partition coefficient (Wildman–Crippen LogP) is 1.26. The molecule has 5 heteroatoms. The van der Waals surface area contributed by atoms with E-state index < -0.39 is 10.1 Å². The van der Waals surface area contributed by atoms with E-state index in [0.717, 1.165) is 23.6 Å². The van der Waals surface area contributed by atoms with Gasteiger partial charge in [0.2, 0.25) is 0 Å². The van der Waals surface area contributed by atoms with Crippen LogP contribution in [0.2, 0.25) is 0 Å². The molecule has 0 spiro atoms. The van der Waals surface area contributed by atoms with E-state index in [2.05, 4.69) is 13.0 Å². The number of fused-ring (bicyclic) bond motifs is 1. The Labute approximate surface area is 175 Å². The van der Waals surface area contributed by atoms with Crippen molar-refractivity contribution in [1.29, 1.82) is 0 Å². The van der Waals surface area contributed by atoms with Crippen molar-refractivity contribution in [3.8, 4) is 0 Å². The Kier molecular flexibility index (Phi) is 8.78. The van der Waals surface area contributed by atoms with Crippen molar-refractivity contribution in [2.45, 2.75) is 50.3 Å². The maximum atomic E-state index is 11.1. The van der Waals surface area contributed by atoms with Gasteiger partial charge < -0.3 is 4.55 Å². The largest absolute Gasteiger partial charge is 1.00 e. The molecule has 0 atom stereocenters. The van der Waals surface area contributed by atoms with Crippen molar-refractivity contribution in [3.05, 3.63) is 42.0 Å². The van der Waals surface area contributed by atoms with E-state index in [1.165, 1.54) is 43.4 Å². The molecule has 0 aromatic heterocycles. The van der Waals surface area contributed by atoms with Gasteiger partial charge in [-0.25, -0.2) is 8.42 Å². The van der Waals surface area contributed by atoms with Gasteiger partial charge in [0.05, 0.1) is 4.90 Å². The van der Waals surface area contributed by atoms with Gasteiger partial charge in [0.25, 0.3) is 0 Å². The first-order chi connectivity index (χ1) is 10.0. The first-order valence-corrected chi connectivity index (χ1v) is 8.90. The Morgan fingerprint density at radius 2 is 1.59 bits per heavy atom. The molecule has 0 heterocycles. The van der Waals surface area contributed by atoms with Gasteiger partial charge in [0.1, 0.15) is 10.1 Å². The monoisotopic (exact) mass is 344 g/mol. The van der Waals surface area contributed by atoms with Crippen molar-refractivity contribution in [3.63, 3.8) is 0 Å². The molecule has 0 amide bonds. The molecular formula is C17H21KO3S. The van der Waals surface area contributed by atoms with E-state index in [-0.39, 0.29) is 56.3 Å². The third kappa shape index (κ3) is 6.04. The molecule has 0 unspecified atom stereocenters. The molecule has 114 valence electrons. The minimum absolute atomic E-state index is 0. The van der Waals surface area contributed by atoms with Crippen LogP contribution in [0.15, 0.2) is 41.3 Å². The molecule has 2 rings (SSSR count). The van der Waals surface area contributed by atoms with Crippen molar-refractivity contribution in [2.75, 3.05) is 0 Å². The van der Waals surface area contributed by atoms with E-state index in [1.54, 1.807) is 6.07 Å². The van der Waals surface area contributed by atoms with E-state index in [9.17, 15) is 13.0 Å². The van der Waals surface area contributed by atoms with E-state index in [4.69, 9.17) is 0 Å². The van der Waals surface area contributed by atoms with Crippen molar-refractivity contribution >= 4 is 20.9 Å². The van der Waals surface area contributed by atoms with Crippen molar-refractivity contribution in [1.82, 2.24) is 0 Å². The van der Waals surface area contributed by atoms with Gasteiger partial charge >= 0.3 is 51.4 Å². The fraction of sp³-hybridized carbons (Fsp3) is 0.412. The molecule has 0 fully saturated rings. The second-order valence-electron chi connectivity index (χ2n) is 5.46. The first-order valence-electron chi connectivity index (χ1n) is 7.49. The van der Waals surface area contributed by atoms with Crippen LogP contribution in [0.25, 0.3) is 10.8 Å². The van der Waals surface area contributed by atoms with Gasteiger partial charge in [-0.05, 0) is 41.3 Å². The van der Waals surface area contributed by atoms with Crippen LogP contribution in [-0.2, 0) is 16.5 Å². The summed E-state index contributed by atoms with van der Waals surface area (Å²) in [4.78, 5) is -0.157.